The lowest BCUT2D eigenvalue weighted by molar-refractivity contribution is -0.150. The number of hydrogen-bond acceptors (Lipinski definition) is 5. The first-order valence-corrected chi connectivity index (χ1v) is 6.28. The van der Waals surface area contributed by atoms with Crippen LogP contribution in [-0.4, -0.2) is 55.9 Å². The van der Waals surface area contributed by atoms with Gasteiger partial charge in [-0.1, -0.05) is 6.92 Å². The number of methoxy groups -OCH3 is 2. The van der Waals surface area contributed by atoms with E-state index in [9.17, 15) is 9.59 Å². The second kappa shape index (κ2) is 5.81. The predicted molar refractivity (Wildman–Crippen MR) is 66.1 cm³/mol. The summed E-state index contributed by atoms with van der Waals surface area (Å²) in [7, 11) is 3.20. The molecule has 6 heteroatoms. The third-order valence-corrected chi connectivity index (χ3v) is 3.61. The lowest BCUT2D eigenvalue weighted by Gasteiger charge is -2.30. The van der Waals surface area contributed by atoms with Crippen molar-refractivity contribution < 1.29 is 23.8 Å². The highest BCUT2D eigenvalue weighted by molar-refractivity contribution is 6.06. The van der Waals surface area contributed by atoms with Gasteiger partial charge in [0.25, 0.3) is 0 Å². The van der Waals surface area contributed by atoms with Crippen LogP contribution < -0.4 is 0 Å². The molecule has 0 spiro atoms. The summed E-state index contributed by atoms with van der Waals surface area (Å²) >= 11 is 0. The zero-order valence-electron chi connectivity index (χ0n) is 11.4. The van der Waals surface area contributed by atoms with Crippen LogP contribution in [0.1, 0.15) is 13.3 Å². The minimum Gasteiger partial charge on any atom is -0.382 e. The zero-order valence-corrected chi connectivity index (χ0v) is 11.4. The summed E-state index contributed by atoms with van der Waals surface area (Å²) in [5, 5.41) is 0. The van der Waals surface area contributed by atoms with Gasteiger partial charge in [-0.15, -0.1) is 0 Å². The van der Waals surface area contributed by atoms with Gasteiger partial charge in [0.05, 0.1) is 19.1 Å². The molecule has 0 aliphatic carbocycles. The van der Waals surface area contributed by atoms with Gasteiger partial charge in [-0.2, -0.15) is 0 Å². The van der Waals surface area contributed by atoms with Crippen molar-refractivity contribution in [3.63, 3.8) is 0 Å². The molecule has 0 N–H and O–H groups in total. The number of ether oxygens (including phenoxy) is 3. The maximum Gasteiger partial charge on any atom is 0.236 e. The molecule has 1 fully saturated rings. The summed E-state index contributed by atoms with van der Waals surface area (Å²) in [5.74, 6) is -0.340. The zero-order chi connectivity index (χ0) is 14.0. The summed E-state index contributed by atoms with van der Waals surface area (Å²) in [6.45, 7) is 2.45. The first kappa shape index (κ1) is 14.2. The van der Waals surface area contributed by atoms with Crippen LogP contribution in [0, 0.1) is 5.92 Å². The third-order valence-electron chi connectivity index (χ3n) is 3.61. The highest BCUT2D eigenvalue weighted by Crippen LogP contribution is 2.32. The molecule has 1 amide bonds. The van der Waals surface area contributed by atoms with Gasteiger partial charge in [0.15, 0.2) is 12.0 Å². The smallest absolute Gasteiger partial charge is 0.236 e. The van der Waals surface area contributed by atoms with E-state index in [1.807, 2.05) is 6.92 Å². The molecular formula is C13H19NO5. The molecule has 0 aromatic heterocycles. The van der Waals surface area contributed by atoms with E-state index in [-0.39, 0.29) is 36.2 Å². The van der Waals surface area contributed by atoms with Crippen LogP contribution in [0.15, 0.2) is 12.3 Å². The number of rotatable bonds is 4. The van der Waals surface area contributed by atoms with Crippen molar-refractivity contribution in [2.75, 3.05) is 20.8 Å². The summed E-state index contributed by atoms with van der Waals surface area (Å²) in [6, 6.07) is 0. The quantitative estimate of drug-likeness (QED) is 0.688. The molecule has 6 nitrogen and oxygen atoms in total. The standard InChI is InChI=1S/C13H19NO5/c1-8-10(7-17-2)19-13(12(8)18-3)14-5-4-9(15)6-11(14)16/h4-5,8,10,12-13H,6-7H2,1-3H3/t8-,10-,12-,13-/m1/s1. The van der Waals surface area contributed by atoms with E-state index in [1.54, 1.807) is 14.2 Å². The maximum atomic E-state index is 11.9. The van der Waals surface area contributed by atoms with E-state index in [1.165, 1.54) is 17.2 Å². The van der Waals surface area contributed by atoms with Crippen LogP contribution in [-0.2, 0) is 23.8 Å². The summed E-state index contributed by atoms with van der Waals surface area (Å²) in [4.78, 5) is 24.5. The molecule has 0 aromatic rings. The van der Waals surface area contributed by atoms with Gasteiger partial charge in [-0.05, 0) is 6.08 Å². The second-order valence-corrected chi connectivity index (χ2v) is 4.84. The first-order chi connectivity index (χ1) is 9.08. The third kappa shape index (κ3) is 2.70. The molecule has 0 unspecified atom stereocenters. The molecule has 106 valence electrons. The fraction of sp³-hybridized carbons (Fsp3) is 0.692. The number of ketones is 1. The average Bonchev–Trinajstić information content (AvgIpc) is 2.67. The van der Waals surface area contributed by atoms with Gasteiger partial charge in [-0.25, -0.2) is 0 Å². The van der Waals surface area contributed by atoms with Gasteiger partial charge in [0, 0.05) is 26.3 Å². The van der Waals surface area contributed by atoms with Gasteiger partial charge in [0.2, 0.25) is 5.91 Å². The first-order valence-electron chi connectivity index (χ1n) is 6.28. The Morgan fingerprint density at radius 3 is 2.74 bits per heavy atom. The van der Waals surface area contributed by atoms with Crippen molar-refractivity contribution in [3.8, 4) is 0 Å². The van der Waals surface area contributed by atoms with Crippen LogP contribution in [0.3, 0.4) is 0 Å². The lowest BCUT2D eigenvalue weighted by atomic mass is 10.00. The number of amides is 1. The number of allylic oxidation sites excluding steroid dienone is 1. The maximum absolute atomic E-state index is 11.9. The number of hydrogen-bond donors (Lipinski definition) is 0. The van der Waals surface area contributed by atoms with E-state index < -0.39 is 6.23 Å². The number of carbonyl (C=O) groups is 2. The van der Waals surface area contributed by atoms with Crippen LogP contribution in [0.2, 0.25) is 0 Å². The van der Waals surface area contributed by atoms with Crippen LogP contribution in [0.5, 0.6) is 0 Å². The Hall–Kier alpha value is -1.24. The number of nitrogens with zero attached hydrogens (tertiary/aromatic N) is 1. The summed E-state index contributed by atoms with van der Waals surface area (Å²) < 4.78 is 16.4. The molecule has 0 saturated carbocycles. The van der Waals surface area contributed by atoms with E-state index in [0.29, 0.717) is 6.61 Å². The highest BCUT2D eigenvalue weighted by Gasteiger charge is 2.46. The Balaban J connectivity index is 2.16. The molecule has 1 saturated heterocycles. The molecule has 19 heavy (non-hydrogen) atoms. The van der Waals surface area contributed by atoms with E-state index in [0.717, 1.165) is 0 Å². The normalized spacial score (nSPS) is 35.2. The molecule has 2 aliphatic rings. The van der Waals surface area contributed by atoms with Gasteiger partial charge >= 0.3 is 0 Å². The number of carbonyl (C=O) groups excluding carboxylic acids is 2. The minimum absolute atomic E-state index is 0.105. The molecular weight excluding hydrogens is 250 g/mol. The van der Waals surface area contributed by atoms with Crippen molar-refractivity contribution in [2.24, 2.45) is 5.92 Å². The minimum atomic E-state index is -0.503. The van der Waals surface area contributed by atoms with E-state index >= 15 is 0 Å². The summed E-state index contributed by atoms with van der Waals surface area (Å²) in [6.07, 6.45) is 1.90. The van der Waals surface area contributed by atoms with Crippen molar-refractivity contribution in [3.05, 3.63) is 12.3 Å². The van der Waals surface area contributed by atoms with E-state index in [4.69, 9.17) is 14.2 Å². The molecule has 0 radical (unpaired) electrons. The largest absolute Gasteiger partial charge is 0.382 e. The molecule has 2 rings (SSSR count). The SMILES string of the molecule is COC[C@H]1O[C@@H](N2C=CC(=O)CC2=O)[C@H](OC)[C@@H]1C. The molecule has 2 aliphatic heterocycles. The molecule has 0 aromatic carbocycles. The summed E-state index contributed by atoms with van der Waals surface area (Å²) in [5.41, 5.74) is 0. The second-order valence-electron chi connectivity index (χ2n) is 4.84. The van der Waals surface area contributed by atoms with E-state index in [2.05, 4.69) is 0 Å². The van der Waals surface area contributed by atoms with Crippen molar-refractivity contribution in [2.45, 2.75) is 31.8 Å². The lowest BCUT2D eigenvalue weighted by Crippen LogP contribution is -2.45. The monoisotopic (exact) mass is 269 g/mol. The fourth-order valence-electron chi connectivity index (χ4n) is 2.53. The molecule has 0 bridgehead atoms. The Morgan fingerprint density at radius 2 is 2.16 bits per heavy atom. The Bertz CT molecular complexity index is 394. The van der Waals surface area contributed by atoms with Gasteiger partial charge in [0.1, 0.15) is 6.10 Å². The van der Waals surface area contributed by atoms with Gasteiger partial charge in [-0.3, -0.25) is 14.5 Å². The van der Waals surface area contributed by atoms with Crippen molar-refractivity contribution in [1.29, 1.82) is 0 Å². The van der Waals surface area contributed by atoms with Crippen LogP contribution in [0.25, 0.3) is 0 Å². The Labute approximate surface area is 112 Å². The molecule has 4 atom stereocenters. The van der Waals surface area contributed by atoms with Crippen molar-refractivity contribution >= 4 is 11.7 Å². The Morgan fingerprint density at radius 1 is 1.42 bits per heavy atom. The topological polar surface area (TPSA) is 65.1 Å². The fourth-order valence-corrected chi connectivity index (χ4v) is 2.53. The highest BCUT2D eigenvalue weighted by atomic mass is 16.6. The molecule has 2 heterocycles. The van der Waals surface area contributed by atoms with Crippen LogP contribution >= 0.6 is 0 Å². The predicted octanol–water partition coefficient (Wildman–Crippen LogP) is 0.324. The Kier molecular flexibility index (Phi) is 4.34. The van der Waals surface area contributed by atoms with Gasteiger partial charge < -0.3 is 14.2 Å². The van der Waals surface area contributed by atoms with Crippen LogP contribution in [0.4, 0.5) is 0 Å². The van der Waals surface area contributed by atoms with Crippen molar-refractivity contribution in [1.82, 2.24) is 4.90 Å². The average molecular weight is 269 g/mol.